The van der Waals surface area contributed by atoms with E-state index in [-0.39, 0.29) is 31.3 Å². The predicted octanol–water partition coefficient (Wildman–Crippen LogP) is 5.86. The molecule has 3 amide bonds. The van der Waals surface area contributed by atoms with Gasteiger partial charge >= 0.3 is 12.1 Å². The van der Waals surface area contributed by atoms with Crippen LogP contribution < -0.4 is 25.4 Å². The predicted molar refractivity (Wildman–Crippen MR) is 186 cm³/mol. The Labute approximate surface area is 289 Å². The van der Waals surface area contributed by atoms with Gasteiger partial charge in [0, 0.05) is 6.42 Å². The van der Waals surface area contributed by atoms with Gasteiger partial charge in [0.05, 0.1) is 20.3 Å². The Kier molecular flexibility index (Phi) is 14.5. The molecule has 264 valence electrons. The molecule has 0 saturated heterocycles. The Morgan fingerprint density at radius 2 is 1.27 bits per heavy atom. The van der Waals surface area contributed by atoms with E-state index in [1.54, 1.807) is 47.1 Å². The van der Waals surface area contributed by atoms with Gasteiger partial charge in [-0.15, -0.1) is 0 Å². The Hall–Kier alpha value is -5.06. The third kappa shape index (κ3) is 13.2. The number of methoxy groups -OCH3 is 2. The van der Waals surface area contributed by atoms with Gasteiger partial charge < -0.3 is 34.9 Å². The molecule has 11 heteroatoms. The summed E-state index contributed by atoms with van der Waals surface area (Å²) in [5, 5.41) is 8.41. The summed E-state index contributed by atoms with van der Waals surface area (Å²) in [6.07, 6.45) is -0.714. The molecule has 0 saturated carbocycles. The van der Waals surface area contributed by atoms with Gasteiger partial charge in [-0.25, -0.2) is 9.59 Å². The van der Waals surface area contributed by atoms with Gasteiger partial charge in [0.15, 0.2) is 0 Å². The van der Waals surface area contributed by atoms with Gasteiger partial charge in [0.25, 0.3) is 0 Å². The number of hydrogen-bond acceptors (Lipinski definition) is 8. The van der Waals surface area contributed by atoms with Crippen molar-refractivity contribution in [2.24, 2.45) is 5.92 Å². The fourth-order valence-corrected chi connectivity index (χ4v) is 4.97. The van der Waals surface area contributed by atoms with Gasteiger partial charge in [-0.1, -0.05) is 68.4 Å². The molecule has 3 N–H and O–H groups in total. The molecular formula is C38H49N3O8. The highest BCUT2D eigenvalue weighted by atomic mass is 16.6. The zero-order valence-corrected chi connectivity index (χ0v) is 29.4. The minimum absolute atomic E-state index is 0.0131. The Morgan fingerprint density at radius 1 is 0.714 bits per heavy atom. The summed E-state index contributed by atoms with van der Waals surface area (Å²) >= 11 is 0. The number of nitrogens with one attached hydrogen (secondary N) is 3. The van der Waals surface area contributed by atoms with Crippen LogP contribution in [0.5, 0.6) is 11.5 Å². The highest BCUT2D eigenvalue weighted by Crippen LogP contribution is 2.26. The first-order chi connectivity index (χ1) is 23.3. The third-order valence-electron chi connectivity index (χ3n) is 7.40. The first-order valence-corrected chi connectivity index (χ1v) is 16.4. The van der Waals surface area contributed by atoms with Crippen LogP contribution in [0.2, 0.25) is 0 Å². The van der Waals surface area contributed by atoms with Crippen molar-refractivity contribution in [3.8, 4) is 11.5 Å². The zero-order chi connectivity index (χ0) is 36.0. The largest absolute Gasteiger partial charge is 0.497 e. The van der Waals surface area contributed by atoms with Crippen LogP contribution in [-0.2, 0) is 30.5 Å². The molecule has 0 aliphatic rings. The molecule has 0 unspecified atom stereocenters. The van der Waals surface area contributed by atoms with E-state index in [2.05, 4.69) is 16.0 Å². The lowest BCUT2D eigenvalue weighted by molar-refractivity contribution is -0.159. The van der Waals surface area contributed by atoms with Crippen LogP contribution in [0.1, 0.15) is 76.6 Å². The molecular weight excluding hydrogens is 626 g/mol. The number of hydrogen-bond donors (Lipinski definition) is 3. The molecule has 0 aliphatic heterocycles. The van der Waals surface area contributed by atoms with Crippen molar-refractivity contribution in [2.45, 2.75) is 84.2 Å². The summed E-state index contributed by atoms with van der Waals surface area (Å²) in [4.78, 5) is 53.1. The lowest BCUT2D eigenvalue weighted by Gasteiger charge is -2.27. The van der Waals surface area contributed by atoms with E-state index in [1.807, 2.05) is 80.6 Å². The van der Waals surface area contributed by atoms with Crippen molar-refractivity contribution in [1.82, 2.24) is 16.0 Å². The van der Waals surface area contributed by atoms with E-state index in [0.717, 1.165) is 16.7 Å². The fourth-order valence-electron chi connectivity index (χ4n) is 4.97. The van der Waals surface area contributed by atoms with Crippen LogP contribution in [0.15, 0.2) is 78.9 Å². The molecule has 0 heterocycles. The van der Waals surface area contributed by atoms with Crippen LogP contribution in [0.3, 0.4) is 0 Å². The SMILES string of the molecule is COc1ccc(C(NC(=O)CC[C@H](NC(=O)OCc2ccccc2)C(=O)N[C@@H](CC(C)C)C(=O)OC(C)(C)C)c2ccc(OC)cc2)cc1. The van der Waals surface area contributed by atoms with Crippen molar-refractivity contribution in [3.05, 3.63) is 95.6 Å². The highest BCUT2D eigenvalue weighted by molar-refractivity contribution is 5.90. The monoisotopic (exact) mass is 675 g/mol. The molecule has 11 nitrogen and oxygen atoms in total. The molecule has 0 aliphatic carbocycles. The molecule has 0 spiro atoms. The maximum atomic E-state index is 13.7. The number of ether oxygens (including phenoxy) is 4. The maximum absolute atomic E-state index is 13.7. The van der Waals surface area contributed by atoms with Crippen molar-refractivity contribution < 1.29 is 38.1 Å². The second-order valence-corrected chi connectivity index (χ2v) is 13.1. The summed E-state index contributed by atoms with van der Waals surface area (Å²) in [5.74, 6) is -0.185. The second-order valence-electron chi connectivity index (χ2n) is 13.1. The molecule has 0 aromatic heterocycles. The highest BCUT2D eigenvalue weighted by Gasteiger charge is 2.31. The molecule has 0 bridgehead atoms. The summed E-state index contributed by atoms with van der Waals surface area (Å²) in [7, 11) is 3.16. The molecule has 2 atom stereocenters. The minimum Gasteiger partial charge on any atom is -0.497 e. The van der Waals surface area contributed by atoms with Gasteiger partial charge in [-0.3, -0.25) is 9.59 Å². The lowest BCUT2D eigenvalue weighted by Crippen LogP contribution is -2.53. The van der Waals surface area contributed by atoms with Crippen molar-refractivity contribution in [1.29, 1.82) is 0 Å². The number of amides is 3. The van der Waals surface area contributed by atoms with Crippen molar-refractivity contribution >= 4 is 23.9 Å². The average Bonchev–Trinajstić information content (AvgIpc) is 3.07. The number of carbonyl (C=O) groups is 4. The number of alkyl carbamates (subject to hydrolysis) is 1. The first-order valence-electron chi connectivity index (χ1n) is 16.4. The van der Waals surface area contributed by atoms with Crippen LogP contribution in [0.25, 0.3) is 0 Å². The van der Waals surface area contributed by atoms with Crippen LogP contribution >= 0.6 is 0 Å². The standard InChI is InChI=1S/C38H49N3O8/c1-25(2)23-32(36(44)49-38(3,4)5)39-35(43)31(40-37(45)48-24-26-11-9-8-10-12-26)21-22-33(42)41-34(27-13-17-29(46-6)18-14-27)28-15-19-30(47-7)20-16-28/h8-20,25,31-32,34H,21-24H2,1-7H3,(H,39,43)(H,40,45)(H,41,42)/t31-,32-/m0/s1. The lowest BCUT2D eigenvalue weighted by atomic mass is 9.98. The summed E-state index contributed by atoms with van der Waals surface area (Å²) in [5.41, 5.74) is 1.62. The molecule has 49 heavy (non-hydrogen) atoms. The number of carbonyl (C=O) groups excluding carboxylic acids is 4. The summed E-state index contributed by atoms with van der Waals surface area (Å²) < 4.78 is 21.5. The van der Waals surface area contributed by atoms with Crippen LogP contribution in [0, 0.1) is 5.92 Å². The summed E-state index contributed by atoms with van der Waals surface area (Å²) in [6, 6.07) is 21.1. The zero-order valence-electron chi connectivity index (χ0n) is 29.4. The normalized spacial score (nSPS) is 12.4. The molecule has 3 aromatic rings. The molecule has 3 rings (SSSR count). The Bertz CT molecular complexity index is 1460. The van der Waals surface area contributed by atoms with Gasteiger partial charge in [0.1, 0.15) is 35.8 Å². The molecule has 0 fully saturated rings. The Balaban J connectivity index is 1.79. The van der Waals surface area contributed by atoms with Gasteiger partial charge in [-0.2, -0.15) is 0 Å². The van der Waals surface area contributed by atoms with Gasteiger partial charge in [-0.05, 0) is 80.5 Å². The van der Waals surface area contributed by atoms with Crippen LogP contribution in [0.4, 0.5) is 4.79 Å². The van der Waals surface area contributed by atoms with E-state index in [4.69, 9.17) is 18.9 Å². The van der Waals surface area contributed by atoms with E-state index >= 15 is 0 Å². The maximum Gasteiger partial charge on any atom is 0.408 e. The average molecular weight is 676 g/mol. The van der Waals surface area contributed by atoms with E-state index in [0.29, 0.717) is 17.9 Å². The van der Waals surface area contributed by atoms with E-state index in [9.17, 15) is 19.2 Å². The van der Waals surface area contributed by atoms with Crippen molar-refractivity contribution in [2.75, 3.05) is 14.2 Å². The van der Waals surface area contributed by atoms with Crippen molar-refractivity contribution in [3.63, 3.8) is 0 Å². The second kappa shape index (κ2) is 18.5. The quantitative estimate of drug-likeness (QED) is 0.161. The Morgan fingerprint density at radius 3 is 1.76 bits per heavy atom. The first kappa shape index (κ1) is 38.4. The van der Waals surface area contributed by atoms with E-state index < -0.39 is 41.7 Å². The molecule has 0 radical (unpaired) electrons. The topological polar surface area (TPSA) is 141 Å². The van der Waals surface area contributed by atoms with E-state index in [1.165, 1.54) is 0 Å². The molecule has 3 aromatic carbocycles. The smallest absolute Gasteiger partial charge is 0.408 e. The fraction of sp³-hybridized carbons (Fsp3) is 0.421. The van der Waals surface area contributed by atoms with Crippen LogP contribution in [-0.4, -0.2) is 55.8 Å². The van der Waals surface area contributed by atoms with Gasteiger partial charge in [0.2, 0.25) is 11.8 Å². The minimum atomic E-state index is -1.19. The number of benzene rings is 3. The summed E-state index contributed by atoms with van der Waals surface area (Å²) in [6.45, 7) is 9.07. The number of esters is 1. The number of rotatable bonds is 16. The third-order valence-corrected chi connectivity index (χ3v) is 7.40.